The summed E-state index contributed by atoms with van der Waals surface area (Å²) in [6, 6.07) is 3.09. The summed E-state index contributed by atoms with van der Waals surface area (Å²) in [5, 5.41) is 8.87. The highest BCUT2D eigenvalue weighted by molar-refractivity contribution is 5.95. The highest BCUT2D eigenvalue weighted by atomic mass is 16.5. The predicted octanol–water partition coefficient (Wildman–Crippen LogP) is 2.20. The molecule has 0 aliphatic heterocycles. The maximum absolute atomic E-state index is 12.7. The Bertz CT molecular complexity index is 610. The Hall–Kier alpha value is -1.95. The maximum atomic E-state index is 12.7. The second-order valence-corrected chi connectivity index (χ2v) is 6.44. The highest BCUT2D eigenvalue weighted by Crippen LogP contribution is 2.59. The van der Waals surface area contributed by atoms with Gasteiger partial charge in [-0.1, -0.05) is 6.42 Å². The number of hydrogen-bond donors (Lipinski definition) is 1. The van der Waals surface area contributed by atoms with Crippen LogP contribution in [0.15, 0.2) is 18.3 Å². The number of pyridine rings is 1. The molecule has 2 atom stereocenters. The molecule has 23 heavy (non-hydrogen) atoms. The smallest absolute Gasteiger partial charge is 0.354 e. The van der Waals surface area contributed by atoms with Crippen LogP contribution in [0.4, 0.5) is 0 Å². The summed E-state index contributed by atoms with van der Waals surface area (Å²) in [6.07, 6.45) is 5.88. The molecule has 1 aromatic heterocycles. The standard InChI is InChI=1S/C17H22N2O4/c1-3-23-14-9-13(17(14)7-4-8-17)19(2)15(20)11-5-6-12(16(21)22)18-10-11/h5-6,10,13-14H,3-4,7-9H2,1-2H3,(H,21,22)/t13-,14+/m1/s1. The van der Waals surface area contributed by atoms with E-state index in [9.17, 15) is 9.59 Å². The average molecular weight is 318 g/mol. The number of carboxylic acid groups (broad SMARTS) is 1. The molecule has 2 aliphatic rings. The molecule has 1 amide bonds. The van der Waals surface area contributed by atoms with E-state index in [-0.39, 0.29) is 29.2 Å². The van der Waals surface area contributed by atoms with Gasteiger partial charge in [0.15, 0.2) is 0 Å². The van der Waals surface area contributed by atoms with Crippen LogP contribution in [-0.2, 0) is 4.74 Å². The number of rotatable bonds is 5. The van der Waals surface area contributed by atoms with Crippen LogP contribution >= 0.6 is 0 Å². The van der Waals surface area contributed by atoms with E-state index in [4.69, 9.17) is 9.84 Å². The summed E-state index contributed by atoms with van der Waals surface area (Å²) < 4.78 is 5.83. The topological polar surface area (TPSA) is 79.7 Å². The van der Waals surface area contributed by atoms with E-state index in [0.717, 1.165) is 19.3 Å². The fraction of sp³-hybridized carbons (Fsp3) is 0.588. The van der Waals surface area contributed by atoms with Gasteiger partial charge in [0.05, 0.1) is 11.7 Å². The Labute approximate surface area is 135 Å². The van der Waals surface area contributed by atoms with Crippen LogP contribution in [0.1, 0.15) is 53.5 Å². The van der Waals surface area contributed by atoms with Crippen LogP contribution in [0, 0.1) is 5.41 Å². The maximum Gasteiger partial charge on any atom is 0.354 e. The molecule has 6 heteroatoms. The molecule has 2 fully saturated rings. The number of carbonyl (C=O) groups is 2. The number of nitrogens with zero attached hydrogens (tertiary/aromatic N) is 2. The molecule has 6 nitrogen and oxygen atoms in total. The van der Waals surface area contributed by atoms with E-state index in [0.29, 0.717) is 12.2 Å². The first-order valence-corrected chi connectivity index (χ1v) is 8.07. The van der Waals surface area contributed by atoms with Crippen LogP contribution in [-0.4, -0.2) is 52.7 Å². The molecular formula is C17H22N2O4. The van der Waals surface area contributed by atoms with Crippen molar-refractivity contribution in [2.24, 2.45) is 5.41 Å². The summed E-state index contributed by atoms with van der Waals surface area (Å²) >= 11 is 0. The summed E-state index contributed by atoms with van der Waals surface area (Å²) in [7, 11) is 1.82. The lowest BCUT2D eigenvalue weighted by molar-refractivity contribution is -0.192. The molecule has 124 valence electrons. The lowest BCUT2D eigenvalue weighted by Gasteiger charge is -2.63. The van der Waals surface area contributed by atoms with Gasteiger partial charge in [-0.15, -0.1) is 0 Å². The van der Waals surface area contributed by atoms with Gasteiger partial charge in [0, 0.05) is 31.3 Å². The van der Waals surface area contributed by atoms with Crippen LogP contribution in [0.2, 0.25) is 0 Å². The molecule has 1 spiro atoms. The Balaban J connectivity index is 1.71. The Kier molecular flexibility index (Phi) is 4.10. The van der Waals surface area contributed by atoms with Crippen LogP contribution < -0.4 is 0 Å². The molecule has 1 N–H and O–H groups in total. The molecular weight excluding hydrogens is 296 g/mol. The molecule has 3 rings (SSSR count). The van der Waals surface area contributed by atoms with E-state index in [2.05, 4.69) is 4.98 Å². The number of amides is 1. The van der Waals surface area contributed by atoms with Crippen molar-refractivity contribution in [3.05, 3.63) is 29.6 Å². The minimum Gasteiger partial charge on any atom is -0.477 e. The first kappa shape index (κ1) is 15.9. The largest absolute Gasteiger partial charge is 0.477 e. The molecule has 0 aromatic carbocycles. The van der Waals surface area contributed by atoms with Crippen molar-refractivity contribution in [2.75, 3.05) is 13.7 Å². The van der Waals surface area contributed by atoms with Gasteiger partial charge in [-0.2, -0.15) is 0 Å². The average Bonchev–Trinajstić information content (AvgIpc) is 2.48. The van der Waals surface area contributed by atoms with Crippen molar-refractivity contribution in [1.82, 2.24) is 9.88 Å². The third-order valence-corrected chi connectivity index (χ3v) is 5.41. The second-order valence-electron chi connectivity index (χ2n) is 6.44. The monoisotopic (exact) mass is 318 g/mol. The lowest BCUT2D eigenvalue weighted by atomic mass is 9.50. The molecule has 1 aromatic rings. The Morgan fingerprint density at radius 2 is 2.17 bits per heavy atom. The number of carbonyl (C=O) groups excluding carboxylic acids is 1. The van der Waals surface area contributed by atoms with E-state index in [1.165, 1.54) is 24.8 Å². The minimum absolute atomic E-state index is 0.0558. The van der Waals surface area contributed by atoms with Gasteiger partial charge < -0.3 is 14.7 Å². The minimum atomic E-state index is -1.09. The number of hydrogen-bond acceptors (Lipinski definition) is 4. The van der Waals surface area contributed by atoms with Crippen molar-refractivity contribution >= 4 is 11.9 Å². The van der Waals surface area contributed by atoms with E-state index < -0.39 is 5.97 Å². The molecule has 0 bridgehead atoms. The van der Waals surface area contributed by atoms with Crippen molar-refractivity contribution < 1.29 is 19.4 Å². The molecule has 0 unspecified atom stereocenters. The number of aromatic nitrogens is 1. The predicted molar refractivity (Wildman–Crippen MR) is 83.4 cm³/mol. The Morgan fingerprint density at radius 1 is 1.43 bits per heavy atom. The molecule has 2 saturated carbocycles. The normalized spacial score (nSPS) is 24.6. The van der Waals surface area contributed by atoms with Gasteiger partial charge in [0.1, 0.15) is 5.69 Å². The Morgan fingerprint density at radius 3 is 2.65 bits per heavy atom. The van der Waals surface area contributed by atoms with Crippen molar-refractivity contribution in [3.63, 3.8) is 0 Å². The van der Waals surface area contributed by atoms with Gasteiger partial charge in [0.2, 0.25) is 0 Å². The van der Waals surface area contributed by atoms with E-state index >= 15 is 0 Å². The number of ether oxygens (including phenoxy) is 1. The fourth-order valence-corrected chi connectivity index (χ4v) is 3.94. The van der Waals surface area contributed by atoms with Crippen molar-refractivity contribution in [2.45, 2.75) is 44.8 Å². The first-order valence-electron chi connectivity index (χ1n) is 8.07. The molecule has 0 saturated heterocycles. The van der Waals surface area contributed by atoms with Crippen molar-refractivity contribution in [1.29, 1.82) is 0 Å². The first-order chi connectivity index (χ1) is 11.0. The SMILES string of the molecule is CCO[C@H]1C[C@@H](N(C)C(=O)c2ccc(C(=O)O)nc2)C12CCC2. The van der Waals surface area contributed by atoms with Crippen LogP contribution in [0.5, 0.6) is 0 Å². The number of carboxylic acids is 1. The zero-order chi connectivity index (χ0) is 16.6. The van der Waals surface area contributed by atoms with Crippen molar-refractivity contribution in [3.8, 4) is 0 Å². The zero-order valence-electron chi connectivity index (χ0n) is 13.5. The van der Waals surface area contributed by atoms with Crippen LogP contribution in [0.3, 0.4) is 0 Å². The third kappa shape index (κ3) is 2.51. The van der Waals surface area contributed by atoms with Gasteiger partial charge in [0.25, 0.3) is 5.91 Å². The fourth-order valence-electron chi connectivity index (χ4n) is 3.94. The second kappa shape index (κ2) is 5.92. The molecule has 2 aliphatic carbocycles. The van der Waals surface area contributed by atoms with Gasteiger partial charge in [-0.25, -0.2) is 9.78 Å². The third-order valence-electron chi connectivity index (χ3n) is 5.41. The van der Waals surface area contributed by atoms with Gasteiger partial charge in [-0.05, 0) is 38.3 Å². The zero-order valence-corrected chi connectivity index (χ0v) is 13.5. The van der Waals surface area contributed by atoms with E-state index in [1.807, 2.05) is 14.0 Å². The van der Waals surface area contributed by atoms with Gasteiger partial charge in [-0.3, -0.25) is 4.79 Å². The van der Waals surface area contributed by atoms with E-state index in [1.54, 1.807) is 4.90 Å². The number of aromatic carboxylic acids is 1. The highest BCUT2D eigenvalue weighted by Gasteiger charge is 2.60. The van der Waals surface area contributed by atoms with Crippen LogP contribution in [0.25, 0.3) is 0 Å². The summed E-state index contributed by atoms with van der Waals surface area (Å²) in [4.78, 5) is 29.1. The summed E-state index contributed by atoms with van der Waals surface area (Å²) in [6.45, 7) is 2.71. The molecule has 1 heterocycles. The summed E-state index contributed by atoms with van der Waals surface area (Å²) in [5.74, 6) is -1.20. The lowest BCUT2D eigenvalue weighted by Crippen LogP contribution is -2.67. The summed E-state index contributed by atoms with van der Waals surface area (Å²) in [5.41, 5.74) is 0.487. The molecule has 0 radical (unpaired) electrons. The quantitative estimate of drug-likeness (QED) is 0.900. The van der Waals surface area contributed by atoms with Gasteiger partial charge >= 0.3 is 5.97 Å².